The topological polar surface area (TPSA) is 55.8 Å². The van der Waals surface area contributed by atoms with Gasteiger partial charge in [-0.15, -0.1) is 0 Å². The van der Waals surface area contributed by atoms with Crippen LogP contribution in [0.3, 0.4) is 0 Å². The first-order valence-corrected chi connectivity index (χ1v) is 9.36. The summed E-state index contributed by atoms with van der Waals surface area (Å²) in [6.07, 6.45) is 1.67. The molecule has 2 aromatic rings. The van der Waals surface area contributed by atoms with E-state index in [1.807, 2.05) is 30.3 Å². The van der Waals surface area contributed by atoms with Crippen LogP contribution in [-0.4, -0.2) is 30.2 Å². The van der Waals surface area contributed by atoms with E-state index in [0.717, 1.165) is 32.3 Å². The van der Waals surface area contributed by atoms with Gasteiger partial charge in [0.2, 0.25) is 0 Å². The van der Waals surface area contributed by atoms with E-state index >= 15 is 0 Å². The van der Waals surface area contributed by atoms with Crippen molar-refractivity contribution in [2.45, 2.75) is 6.61 Å². The molecule has 0 aromatic heterocycles. The molecule has 134 valence electrons. The van der Waals surface area contributed by atoms with Gasteiger partial charge in [-0.1, -0.05) is 46.3 Å². The van der Waals surface area contributed by atoms with Gasteiger partial charge < -0.3 is 9.47 Å². The van der Waals surface area contributed by atoms with Crippen molar-refractivity contribution in [3.8, 4) is 11.5 Å². The summed E-state index contributed by atoms with van der Waals surface area (Å²) in [5.74, 6) is 0.824. The highest BCUT2D eigenvalue weighted by Gasteiger charge is 2.32. The number of halogens is 1. The lowest BCUT2D eigenvalue weighted by Gasteiger charge is -2.13. The van der Waals surface area contributed by atoms with Crippen LogP contribution in [0.4, 0.5) is 4.79 Å². The molecule has 1 aliphatic rings. The van der Waals surface area contributed by atoms with Gasteiger partial charge in [-0.2, -0.15) is 0 Å². The Morgan fingerprint density at radius 2 is 1.88 bits per heavy atom. The van der Waals surface area contributed by atoms with Crippen molar-refractivity contribution in [2.75, 3.05) is 14.2 Å². The zero-order valence-corrected chi connectivity index (χ0v) is 16.6. The number of methoxy groups -OCH3 is 1. The lowest BCUT2D eigenvalue weighted by Crippen LogP contribution is -2.22. The summed E-state index contributed by atoms with van der Waals surface area (Å²) in [5, 5.41) is -0.285. The SMILES string of the molecule is COc1cc(/C=C2\SC(=O)N(C)C2=O)c(Br)cc1OCc1ccccc1. The normalized spacial score (nSPS) is 15.7. The van der Waals surface area contributed by atoms with Crippen molar-refractivity contribution in [3.05, 3.63) is 63.0 Å². The second-order valence-corrected chi connectivity index (χ2v) is 7.39. The lowest BCUT2D eigenvalue weighted by atomic mass is 10.1. The fraction of sp³-hybridized carbons (Fsp3) is 0.158. The molecule has 1 fully saturated rings. The number of amides is 2. The van der Waals surface area contributed by atoms with Crippen LogP contribution < -0.4 is 9.47 Å². The molecule has 7 heteroatoms. The molecule has 0 aliphatic carbocycles. The fourth-order valence-electron chi connectivity index (χ4n) is 2.36. The van der Waals surface area contributed by atoms with Crippen molar-refractivity contribution in [3.63, 3.8) is 0 Å². The quantitative estimate of drug-likeness (QED) is 0.639. The molecule has 0 radical (unpaired) electrons. The standard InChI is InChI=1S/C19H16BrNO4S/c1-21-18(22)17(26-19(21)23)9-13-8-15(24-2)16(10-14(13)20)25-11-12-6-4-3-5-7-12/h3-10H,11H2,1-2H3/b17-9-. The highest BCUT2D eigenvalue weighted by Crippen LogP contribution is 2.37. The van der Waals surface area contributed by atoms with Gasteiger partial charge in [-0.25, -0.2) is 0 Å². The van der Waals surface area contributed by atoms with E-state index < -0.39 is 0 Å². The summed E-state index contributed by atoms with van der Waals surface area (Å²) in [4.78, 5) is 25.2. The van der Waals surface area contributed by atoms with Gasteiger partial charge in [-0.05, 0) is 41.1 Å². The van der Waals surface area contributed by atoms with Crippen LogP contribution in [-0.2, 0) is 11.4 Å². The third-order valence-electron chi connectivity index (χ3n) is 3.79. The number of ether oxygens (including phenoxy) is 2. The molecule has 1 aliphatic heterocycles. The maximum absolute atomic E-state index is 12.1. The summed E-state index contributed by atoms with van der Waals surface area (Å²) in [6.45, 7) is 0.414. The lowest BCUT2D eigenvalue weighted by molar-refractivity contribution is -0.121. The Kier molecular flexibility index (Phi) is 5.68. The largest absolute Gasteiger partial charge is 0.493 e. The number of hydrogen-bond acceptors (Lipinski definition) is 5. The second kappa shape index (κ2) is 7.97. The van der Waals surface area contributed by atoms with Crippen LogP contribution >= 0.6 is 27.7 Å². The molecule has 0 spiro atoms. The van der Waals surface area contributed by atoms with E-state index in [1.54, 1.807) is 25.3 Å². The first-order chi connectivity index (χ1) is 12.5. The molecule has 0 bridgehead atoms. The minimum absolute atomic E-state index is 0.285. The van der Waals surface area contributed by atoms with Gasteiger partial charge in [0.15, 0.2) is 11.5 Å². The Morgan fingerprint density at radius 1 is 1.15 bits per heavy atom. The van der Waals surface area contributed by atoms with Crippen LogP contribution in [0.5, 0.6) is 11.5 Å². The van der Waals surface area contributed by atoms with Gasteiger partial charge in [0.25, 0.3) is 11.1 Å². The van der Waals surface area contributed by atoms with Gasteiger partial charge in [0.1, 0.15) is 6.61 Å². The average Bonchev–Trinajstić information content (AvgIpc) is 2.89. The predicted molar refractivity (Wildman–Crippen MR) is 105 cm³/mol. The van der Waals surface area contributed by atoms with Crippen LogP contribution in [0.25, 0.3) is 6.08 Å². The fourth-order valence-corrected chi connectivity index (χ4v) is 3.61. The van der Waals surface area contributed by atoms with Crippen molar-refractivity contribution in [1.29, 1.82) is 0 Å². The summed E-state index contributed by atoms with van der Waals surface area (Å²) >= 11 is 4.41. The Labute approximate surface area is 164 Å². The van der Waals surface area contributed by atoms with Gasteiger partial charge in [0.05, 0.1) is 12.0 Å². The summed E-state index contributed by atoms with van der Waals surface area (Å²) < 4.78 is 12.0. The first-order valence-electron chi connectivity index (χ1n) is 7.75. The third-order valence-corrected chi connectivity index (χ3v) is 5.44. The molecular weight excluding hydrogens is 418 g/mol. The molecular formula is C19H16BrNO4S. The van der Waals surface area contributed by atoms with E-state index in [-0.39, 0.29) is 11.1 Å². The third kappa shape index (κ3) is 3.94. The van der Waals surface area contributed by atoms with Crippen LogP contribution in [0, 0.1) is 0 Å². The highest BCUT2D eigenvalue weighted by atomic mass is 79.9. The van der Waals surface area contributed by atoms with Crippen molar-refractivity contribution in [1.82, 2.24) is 4.90 Å². The number of imide groups is 1. The summed E-state index contributed by atoms with van der Waals surface area (Å²) in [5.41, 5.74) is 1.78. The molecule has 5 nitrogen and oxygen atoms in total. The highest BCUT2D eigenvalue weighted by molar-refractivity contribution is 9.10. The molecule has 0 saturated carbocycles. The smallest absolute Gasteiger partial charge is 0.293 e. The number of carbonyl (C=O) groups is 2. The zero-order chi connectivity index (χ0) is 18.7. The Bertz CT molecular complexity index is 883. The van der Waals surface area contributed by atoms with Gasteiger partial charge in [-0.3, -0.25) is 14.5 Å². The minimum atomic E-state index is -0.310. The van der Waals surface area contributed by atoms with E-state index in [4.69, 9.17) is 9.47 Å². The van der Waals surface area contributed by atoms with Crippen LogP contribution in [0.1, 0.15) is 11.1 Å². The zero-order valence-electron chi connectivity index (χ0n) is 14.2. The molecule has 2 aromatic carbocycles. The number of nitrogens with zero attached hydrogens (tertiary/aromatic N) is 1. The van der Waals surface area contributed by atoms with Crippen LogP contribution in [0.2, 0.25) is 0 Å². The average molecular weight is 434 g/mol. The Balaban J connectivity index is 1.85. The van der Waals surface area contributed by atoms with Crippen LogP contribution in [0.15, 0.2) is 51.8 Å². The predicted octanol–water partition coefficient (Wildman–Crippen LogP) is 4.70. The number of likely N-dealkylation sites (N-methyl/N-ethyl adjacent to an activating group) is 1. The van der Waals surface area contributed by atoms with E-state index in [2.05, 4.69) is 15.9 Å². The summed E-state index contributed by atoms with van der Waals surface area (Å²) in [7, 11) is 3.02. The molecule has 1 heterocycles. The van der Waals surface area contributed by atoms with Crippen molar-refractivity contribution in [2.24, 2.45) is 0 Å². The van der Waals surface area contributed by atoms with E-state index in [9.17, 15) is 9.59 Å². The minimum Gasteiger partial charge on any atom is -0.493 e. The molecule has 0 atom stereocenters. The molecule has 0 N–H and O–H groups in total. The van der Waals surface area contributed by atoms with Gasteiger partial charge in [0, 0.05) is 11.5 Å². The summed E-state index contributed by atoms with van der Waals surface area (Å²) in [6, 6.07) is 13.4. The number of benzene rings is 2. The van der Waals surface area contributed by atoms with Crippen molar-refractivity contribution >= 4 is 44.9 Å². The molecule has 2 amide bonds. The maximum Gasteiger partial charge on any atom is 0.293 e. The molecule has 26 heavy (non-hydrogen) atoms. The van der Waals surface area contributed by atoms with E-state index in [1.165, 1.54) is 7.05 Å². The molecule has 0 unspecified atom stereocenters. The number of rotatable bonds is 5. The maximum atomic E-state index is 12.1. The molecule has 1 saturated heterocycles. The Hall–Kier alpha value is -2.25. The van der Waals surface area contributed by atoms with Gasteiger partial charge >= 0.3 is 0 Å². The number of thioether (sulfide) groups is 1. The Morgan fingerprint density at radius 3 is 2.50 bits per heavy atom. The second-order valence-electron chi connectivity index (χ2n) is 5.54. The van der Waals surface area contributed by atoms with Crippen molar-refractivity contribution < 1.29 is 19.1 Å². The van der Waals surface area contributed by atoms with E-state index in [0.29, 0.717) is 23.0 Å². The number of carbonyl (C=O) groups excluding carboxylic acids is 2. The molecule has 3 rings (SSSR count). The number of hydrogen-bond donors (Lipinski definition) is 0. The first kappa shape index (κ1) is 18.5. The monoisotopic (exact) mass is 433 g/mol.